The fourth-order valence-corrected chi connectivity index (χ4v) is 3.49. The van der Waals surface area contributed by atoms with Crippen molar-refractivity contribution < 1.29 is 9.59 Å². The van der Waals surface area contributed by atoms with Gasteiger partial charge in [0.25, 0.3) is 0 Å². The van der Waals surface area contributed by atoms with Crippen molar-refractivity contribution >= 4 is 17.5 Å². The van der Waals surface area contributed by atoms with E-state index >= 15 is 0 Å². The van der Waals surface area contributed by atoms with Crippen molar-refractivity contribution in [1.29, 1.82) is 5.26 Å². The molecule has 1 aromatic rings. The summed E-state index contributed by atoms with van der Waals surface area (Å²) in [4.78, 5) is 30.2. The molecule has 1 atom stereocenters. The van der Waals surface area contributed by atoms with Gasteiger partial charge in [-0.3, -0.25) is 9.59 Å². The van der Waals surface area contributed by atoms with Crippen LogP contribution in [0.3, 0.4) is 0 Å². The van der Waals surface area contributed by atoms with Gasteiger partial charge in [-0.15, -0.1) is 0 Å². The average Bonchev–Trinajstić information content (AvgIpc) is 3.06. The number of rotatable bonds is 3. The Labute approximate surface area is 142 Å². The Bertz CT molecular complexity index is 674. The molecule has 0 unspecified atom stereocenters. The number of benzene rings is 1. The summed E-state index contributed by atoms with van der Waals surface area (Å²) in [6.07, 6.45) is 1.39. The average molecular weight is 326 g/mol. The summed E-state index contributed by atoms with van der Waals surface area (Å²) >= 11 is 0. The van der Waals surface area contributed by atoms with Crippen LogP contribution in [0.1, 0.15) is 25.3 Å². The molecule has 2 amide bonds. The highest BCUT2D eigenvalue weighted by atomic mass is 16.2. The molecule has 0 N–H and O–H groups in total. The highest BCUT2D eigenvalue weighted by Gasteiger charge is 2.33. The monoisotopic (exact) mass is 326 g/mol. The molecule has 0 bridgehead atoms. The number of nitrogens with zero attached hydrogens (tertiary/aromatic N) is 4. The third-order valence-corrected chi connectivity index (χ3v) is 4.89. The third-order valence-electron chi connectivity index (χ3n) is 4.89. The van der Waals surface area contributed by atoms with Crippen LogP contribution in [0.2, 0.25) is 0 Å². The zero-order valence-electron chi connectivity index (χ0n) is 13.9. The van der Waals surface area contributed by atoms with E-state index in [-0.39, 0.29) is 17.9 Å². The van der Waals surface area contributed by atoms with Crippen LogP contribution in [0.25, 0.3) is 0 Å². The zero-order chi connectivity index (χ0) is 17.1. The Kier molecular flexibility index (Phi) is 4.70. The molecule has 2 saturated heterocycles. The Morgan fingerprint density at radius 1 is 1.17 bits per heavy atom. The molecule has 0 radical (unpaired) electrons. The van der Waals surface area contributed by atoms with Gasteiger partial charge in [-0.05, 0) is 25.5 Å². The summed E-state index contributed by atoms with van der Waals surface area (Å²) in [5, 5.41) is 9.23. The van der Waals surface area contributed by atoms with Crippen LogP contribution < -0.4 is 4.90 Å². The van der Waals surface area contributed by atoms with E-state index in [1.807, 2.05) is 36.1 Å². The summed E-state index contributed by atoms with van der Waals surface area (Å²) < 4.78 is 0. The van der Waals surface area contributed by atoms with E-state index in [1.54, 1.807) is 4.90 Å². The predicted octanol–water partition coefficient (Wildman–Crippen LogP) is 1.22. The smallest absolute Gasteiger partial charge is 0.245 e. The zero-order valence-corrected chi connectivity index (χ0v) is 13.9. The lowest BCUT2D eigenvalue weighted by Crippen LogP contribution is -2.54. The highest BCUT2D eigenvalue weighted by Crippen LogP contribution is 2.22. The number of hydrogen-bond donors (Lipinski definition) is 0. The minimum Gasteiger partial charge on any atom is -0.367 e. The van der Waals surface area contributed by atoms with E-state index in [4.69, 9.17) is 0 Å². The topological polar surface area (TPSA) is 67.7 Å². The summed E-state index contributed by atoms with van der Waals surface area (Å²) in [6, 6.07) is 9.39. The number of para-hydroxylation sites is 1. The normalized spacial score (nSPS) is 19.3. The lowest BCUT2D eigenvalue weighted by Gasteiger charge is -2.38. The second-order valence-corrected chi connectivity index (χ2v) is 6.31. The van der Waals surface area contributed by atoms with Gasteiger partial charge in [-0.1, -0.05) is 12.1 Å². The molecule has 0 spiro atoms. The molecular formula is C18H22N4O2. The molecule has 126 valence electrons. The van der Waals surface area contributed by atoms with Crippen LogP contribution in [0, 0.1) is 11.3 Å². The molecule has 3 rings (SSSR count). The molecule has 0 aromatic heterocycles. The van der Waals surface area contributed by atoms with Gasteiger partial charge in [0.2, 0.25) is 11.8 Å². The molecule has 2 fully saturated rings. The minimum atomic E-state index is -0.377. The van der Waals surface area contributed by atoms with Crippen molar-refractivity contribution in [2.45, 2.75) is 25.8 Å². The quantitative estimate of drug-likeness (QED) is 0.837. The molecule has 1 aromatic carbocycles. The molecule has 0 saturated carbocycles. The van der Waals surface area contributed by atoms with Crippen LogP contribution >= 0.6 is 0 Å². The van der Waals surface area contributed by atoms with Gasteiger partial charge < -0.3 is 14.7 Å². The van der Waals surface area contributed by atoms with Crippen LogP contribution in [-0.2, 0) is 9.59 Å². The number of nitriles is 1. The number of amides is 2. The van der Waals surface area contributed by atoms with Crippen molar-refractivity contribution in [2.75, 3.05) is 37.6 Å². The van der Waals surface area contributed by atoms with Gasteiger partial charge in [0.1, 0.15) is 12.1 Å². The first kappa shape index (κ1) is 16.3. The number of carbonyl (C=O) groups excluding carboxylic acids is 2. The predicted molar refractivity (Wildman–Crippen MR) is 90.4 cm³/mol. The van der Waals surface area contributed by atoms with E-state index in [0.717, 1.165) is 12.1 Å². The fraction of sp³-hybridized carbons (Fsp3) is 0.500. The fourth-order valence-electron chi connectivity index (χ4n) is 3.49. The lowest BCUT2D eigenvalue weighted by molar-refractivity contribution is -0.143. The molecule has 2 aliphatic rings. The largest absolute Gasteiger partial charge is 0.367 e. The van der Waals surface area contributed by atoms with Crippen molar-refractivity contribution in [3.8, 4) is 6.07 Å². The minimum absolute atomic E-state index is 0.0264. The van der Waals surface area contributed by atoms with Gasteiger partial charge in [0, 0.05) is 39.1 Å². The second kappa shape index (κ2) is 6.91. The van der Waals surface area contributed by atoms with E-state index < -0.39 is 0 Å². The number of piperazine rings is 1. The molecule has 2 heterocycles. The molecule has 24 heavy (non-hydrogen) atoms. The number of likely N-dealkylation sites (tertiary alicyclic amines) is 1. The highest BCUT2D eigenvalue weighted by molar-refractivity contribution is 5.88. The van der Waals surface area contributed by atoms with Crippen molar-refractivity contribution in [3.05, 3.63) is 29.8 Å². The van der Waals surface area contributed by atoms with Gasteiger partial charge in [-0.2, -0.15) is 5.26 Å². The SMILES string of the molecule is C[C@@H](C(=O)N1CCN(c2ccccc2C#N)CC1)N1CCCC1=O. The number of anilines is 1. The maximum atomic E-state index is 12.7. The molecular weight excluding hydrogens is 304 g/mol. The number of carbonyl (C=O) groups is 2. The van der Waals surface area contributed by atoms with Crippen LogP contribution in [0.5, 0.6) is 0 Å². The van der Waals surface area contributed by atoms with E-state index in [9.17, 15) is 14.9 Å². The molecule has 0 aliphatic carbocycles. The Hall–Kier alpha value is -2.55. The molecule has 2 aliphatic heterocycles. The van der Waals surface area contributed by atoms with Gasteiger partial charge in [0.15, 0.2) is 0 Å². The summed E-state index contributed by atoms with van der Waals surface area (Å²) in [5.41, 5.74) is 1.59. The number of hydrogen-bond acceptors (Lipinski definition) is 4. The van der Waals surface area contributed by atoms with Crippen molar-refractivity contribution in [1.82, 2.24) is 9.80 Å². The summed E-state index contributed by atoms with van der Waals surface area (Å²) in [7, 11) is 0. The first-order chi connectivity index (χ1) is 11.6. The van der Waals surface area contributed by atoms with E-state index in [1.165, 1.54) is 0 Å². The maximum Gasteiger partial charge on any atom is 0.245 e. The van der Waals surface area contributed by atoms with Crippen molar-refractivity contribution in [3.63, 3.8) is 0 Å². The molecule has 6 heteroatoms. The van der Waals surface area contributed by atoms with Gasteiger partial charge >= 0.3 is 0 Å². The van der Waals surface area contributed by atoms with Crippen LogP contribution in [-0.4, -0.2) is 60.4 Å². The van der Waals surface area contributed by atoms with Crippen molar-refractivity contribution in [2.24, 2.45) is 0 Å². The standard InChI is InChI=1S/C18H22N4O2/c1-14(22-8-4-7-17(22)23)18(24)21-11-9-20(10-12-21)16-6-3-2-5-15(16)13-19/h2-3,5-6,14H,4,7-12H2,1H3/t14-/m0/s1. The van der Waals surface area contributed by atoms with E-state index in [2.05, 4.69) is 11.0 Å². The summed E-state index contributed by atoms with van der Waals surface area (Å²) in [5.74, 6) is 0.107. The summed E-state index contributed by atoms with van der Waals surface area (Å²) in [6.45, 7) is 5.14. The Balaban J connectivity index is 1.61. The van der Waals surface area contributed by atoms with E-state index in [0.29, 0.717) is 44.7 Å². The van der Waals surface area contributed by atoms with Gasteiger partial charge in [-0.25, -0.2) is 0 Å². The third kappa shape index (κ3) is 3.07. The van der Waals surface area contributed by atoms with Crippen LogP contribution in [0.4, 0.5) is 5.69 Å². The first-order valence-electron chi connectivity index (χ1n) is 8.44. The second-order valence-electron chi connectivity index (χ2n) is 6.31. The Morgan fingerprint density at radius 2 is 1.88 bits per heavy atom. The molecule has 6 nitrogen and oxygen atoms in total. The van der Waals surface area contributed by atoms with Gasteiger partial charge in [0.05, 0.1) is 11.3 Å². The first-order valence-corrected chi connectivity index (χ1v) is 8.44. The van der Waals surface area contributed by atoms with Crippen LogP contribution in [0.15, 0.2) is 24.3 Å². The lowest BCUT2D eigenvalue weighted by atomic mass is 10.1. The Morgan fingerprint density at radius 3 is 2.50 bits per heavy atom. The maximum absolute atomic E-state index is 12.7.